The summed E-state index contributed by atoms with van der Waals surface area (Å²) in [6.45, 7) is 8.40. The highest BCUT2D eigenvalue weighted by atomic mass is 16.5. The van der Waals surface area contributed by atoms with Crippen LogP contribution in [0.1, 0.15) is 39.3 Å². The van der Waals surface area contributed by atoms with E-state index in [1.165, 1.54) is 5.52 Å². The molecular weight excluding hydrogens is 224 g/mol. The Balaban J connectivity index is 2.86. The van der Waals surface area contributed by atoms with Crippen molar-refractivity contribution in [3.8, 4) is 5.75 Å². The Labute approximate surface area is 109 Å². The van der Waals surface area contributed by atoms with Gasteiger partial charge < -0.3 is 15.0 Å². The third-order valence-electron chi connectivity index (χ3n) is 3.29. The van der Waals surface area contributed by atoms with E-state index in [1.807, 2.05) is 26.0 Å². The molecule has 0 unspecified atom stereocenters. The summed E-state index contributed by atoms with van der Waals surface area (Å²) in [5.74, 6) is 0.889. The number of nitrogens with two attached hydrogens (primary N) is 1. The van der Waals surface area contributed by atoms with Crippen LogP contribution >= 0.6 is 0 Å². The molecule has 0 aliphatic heterocycles. The van der Waals surface area contributed by atoms with Crippen molar-refractivity contribution in [2.75, 3.05) is 7.11 Å². The maximum atomic E-state index is 6.29. The number of aromatic nitrogens is 1. The van der Waals surface area contributed by atoms with Crippen molar-refractivity contribution < 1.29 is 4.74 Å². The summed E-state index contributed by atoms with van der Waals surface area (Å²) in [4.78, 5) is 0. The predicted octanol–water partition coefficient (Wildman–Crippen LogP) is 3.42. The van der Waals surface area contributed by atoms with Crippen LogP contribution in [-0.4, -0.2) is 11.7 Å². The van der Waals surface area contributed by atoms with Gasteiger partial charge in [0.25, 0.3) is 0 Å². The number of hydrogen-bond donors (Lipinski definition) is 1. The average Bonchev–Trinajstić information content (AvgIpc) is 2.67. The number of benzene rings is 1. The van der Waals surface area contributed by atoms with Crippen molar-refractivity contribution in [3.05, 3.63) is 30.0 Å². The van der Waals surface area contributed by atoms with E-state index in [2.05, 4.69) is 30.7 Å². The second-order valence-corrected chi connectivity index (χ2v) is 5.62. The highest BCUT2D eigenvalue weighted by Gasteiger charge is 2.23. The Morgan fingerprint density at radius 3 is 2.44 bits per heavy atom. The Morgan fingerprint density at radius 1 is 1.28 bits per heavy atom. The first-order valence-corrected chi connectivity index (χ1v) is 6.33. The maximum absolute atomic E-state index is 6.29. The number of ether oxygens (including phenoxy) is 1. The molecule has 18 heavy (non-hydrogen) atoms. The van der Waals surface area contributed by atoms with Crippen molar-refractivity contribution in [1.82, 2.24) is 4.57 Å². The van der Waals surface area contributed by atoms with E-state index in [0.29, 0.717) is 6.04 Å². The number of rotatable bonds is 3. The molecule has 0 fully saturated rings. The monoisotopic (exact) mass is 246 g/mol. The lowest BCUT2D eigenvalue weighted by Crippen LogP contribution is -2.28. The molecule has 98 valence electrons. The Morgan fingerprint density at radius 2 is 1.94 bits per heavy atom. The minimum atomic E-state index is -0.382. The van der Waals surface area contributed by atoms with Gasteiger partial charge in [-0.15, -0.1) is 0 Å². The van der Waals surface area contributed by atoms with Gasteiger partial charge in [-0.1, -0.05) is 6.07 Å². The lowest BCUT2D eigenvalue weighted by molar-refractivity contribution is 0.418. The third-order valence-corrected chi connectivity index (χ3v) is 3.29. The van der Waals surface area contributed by atoms with E-state index >= 15 is 0 Å². The van der Waals surface area contributed by atoms with Crippen molar-refractivity contribution in [2.45, 2.75) is 39.3 Å². The maximum Gasteiger partial charge on any atom is 0.128 e. The number of hydrogen-bond acceptors (Lipinski definition) is 2. The van der Waals surface area contributed by atoms with Crippen molar-refractivity contribution in [3.63, 3.8) is 0 Å². The van der Waals surface area contributed by atoms with Gasteiger partial charge in [0.15, 0.2) is 0 Å². The van der Waals surface area contributed by atoms with Crippen molar-refractivity contribution in [2.24, 2.45) is 5.73 Å². The Kier molecular flexibility index (Phi) is 3.11. The zero-order valence-electron chi connectivity index (χ0n) is 11.8. The summed E-state index contributed by atoms with van der Waals surface area (Å²) >= 11 is 0. The topological polar surface area (TPSA) is 40.2 Å². The number of methoxy groups -OCH3 is 1. The molecule has 2 aromatic rings. The number of fused-ring (bicyclic) bond motifs is 1. The molecule has 0 bridgehead atoms. The van der Waals surface area contributed by atoms with Crippen LogP contribution in [0.3, 0.4) is 0 Å². The highest BCUT2D eigenvalue weighted by Crippen LogP contribution is 2.36. The van der Waals surface area contributed by atoms with Crippen LogP contribution in [0.2, 0.25) is 0 Å². The quantitative estimate of drug-likeness (QED) is 0.901. The standard InChI is InChI=1S/C15H22N2O/c1-10(2)17-9-11(15(3,4)16)14-12(17)7-6-8-13(14)18-5/h6-10H,16H2,1-5H3. The summed E-state index contributed by atoms with van der Waals surface area (Å²) in [6, 6.07) is 6.53. The molecule has 0 spiro atoms. The van der Waals surface area contributed by atoms with Gasteiger partial charge in [0.2, 0.25) is 0 Å². The van der Waals surface area contributed by atoms with Gasteiger partial charge in [0.1, 0.15) is 5.75 Å². The molecule has 2 N–H and O–H groups in total. The highest BCUT2D eigenvalue weighted by molar-refractivity contribution is 5.91. The van der Waals surface area contributed by atoms with Crippen LogP contribution in [-0.2, 0) is 5.54 Å². The smallest absolute Gasteiger partial charge is 0.128 e. The van der Waals surface area contributed by atoms with E-state index in [-0.39, 0.29) is 5.54 Å². The van der Waals surface area contributed by atoms with Crippen LogP contribution in [0.25, 0.3) is 10.9 Å². The first-order valence-electron chi connectivity index (χ1n) is 6.33. The molecule has 0 radical (unpaired) electrons. The SMILES string of the molecule is COc1cccc2c1c(C(C)(C)N)cn2C(C)C. The molecule has 3 nitrogen and oxygen atoms in total. The molecule has 0 atom stereocenters. The van der Waals surface area contributed by atoms with E-state index in [0.717, 1.165) is 16.7 Å². The average molecular weight is 246 g/mol. The molecule has 2 rings (SSSR count). The predicted molar refractivity (Wildman–Crippen MR) is 76.1 cm³/mol. The molecule has 0 aliphatic rings. The lowest BCUT2D eigenvalue weighted by Gasteiger charge is -2.18. The summed E-state index contributed by atoms with van der Waals surface area (Å²) in [5, 5.41) is 1.13. The molecule has 1 aromatic heterocycles. The van der Waals surface area contributed by atoms with Gasteiger partial charge in [-0.3, -0.25) is 0 Å². The van der Waals surface area contributed by atoms with Crippen molar-refractivity contribution in [1.29, 1.82) is 0 Å². The van der Waals surface area contributed by atoms with Crippen LogP contribution in [0.15, 0.2) is 24.4 Å². The molecule has 0 saturated heterocycles. The number of nitrogens with zero attached hydrogens (tertiary/aromatic N) is 1. The largest absolute Gasteiger partial charge is 0.496 e. The Bertz CT molecular complexity index is 562. The van der Waals surface area contributed by atoms with Gasteiger partial charge in [-0.25, -0.2) is 0 Å². The summed E-state index contributed by atoms with van der Waals surface area (Å²) in [6.07, 6.45) is 2.15. The minimum absolute atomic E-state index is 0.382. The molecule has 3 heteroatoms. The van der Waals surface area contributed by atoms with E-state index < -0.39 is 0 Å². The summed E-state index contributed by atoms with van der Waals surface area (Å²) < 4.78 is 7.74. The molecule has 0 saturated carbocycles. The molecule has 0 amide bonds. The lowest BCUT2D eigenvalue weighted by atomic mass is 9.95. The van der Waals surface area contributed by atoms with Crippen LogP contribution in [0, 0.1) is 0 Å². The van der Waals surface area contributed by atoms with E-state index in [4.69, 9.17) is 10.5 Å². The first kappa shape index (κ1) is 13.0. The van der Waals surface area contributed by atoms with Gasteiger partial charge in [-0.2, -0.15) is 0 Å². The molecule has 1 heterocycles. The van der Waals surface area contributed by atoms with Crippen LogP contribution < -0.4 is 10.5 Å². The summed E-state index contributed by atoms with van der Waals surface area (Å²) in [5.41, 5.74) is 8.22. The Hall–Kier alpha value is -1.48. The fourth-order valence-corrected chi connectivity index (χ4v) is 2.36. The second kappa shape index (κ2) is 4.32. The van der Waals surface area contributed by atoms with E-state index in [9.17, 15) is 0 Å². The fraction of sp³-hybridized carbons (Fsp3) is 0.467. The van der Waals surface area contributed by atoms with Gasteiger partial charge >= 0.3 is 0 Å². The molecular formula is C15H22N2O. The minimum Gasteiger partial charge on any atom is -0.496 e. The van der Waals surface area contributed by atoms with Gasteiger partial charge in [0, 0.05) is 28.7 Å². The van der Waals surface area contributed by atoms with Gasteiger partial charge in [0.05, 0.1) is 12.6 Å². The third kappa shape index (κ3) is 1.99. The van der Waals surface area contributed by atoms with E-state index in [1.54, 1.807) is 7.11 Å². The first-order chi connectivity index (χ1) is 8.36. The van der Waals surface area contributed by atoms with Gasteiger partial charge in [-0.05, 0) is 39.8 Å². The van der Waals surface area contributed by atoms with Crippen LogP contribution in [0.5, 0.6) is 5.75 Å². The normalized spacial score (nSPS) is 12.4. The summed E-state index contributed by atoms with van der Waals surface area (Å²) in [7, 11) is 1.70. The zero-order valence-corrected chi connectivity index (χ0v) is 11.8. The molecule has 0 aliphatic carbocycles. The molecule has 1 aromatic carbocycles. The second-order valence-electron chi connectivity index (χ2n) is 5.62. The fourth-order valence-electron chi connectivity index (χ4n) is 2.36. The van der Waals surface area contributed by atoms with Crippen LogP contribution in [0.4, 0.5) is 0 Å². The van der Waals surface area contributed by atoms with Crippen molar-refractivity contribution >= 4 is 10.9 Å². The zero-order chi connectivity index (χ0) is 13.5.